The second-order valence-corrected chi connectivity index (χ2v) is 6.63. The molecule has 4 nitrogen and oxygen atoms in total. The summed E-state index contributed by atoms with van der Waals surface area (Å²) in [6.07, 6.45) is 1.96. The third kappa shape index (κ3) is 5.34. The monoisotopic (exact) mass is 345 g/mol. The van der Waals surface area contributed by atoms with E-state index in [4.69, 9.17) is 0 Å². The number of aromatic nitrogens is 1. The fourth-order valence-corrected chi connectivity index (χ4v) is 3.00. The van der Waals surface area contributed by atoms with E-state index in [9.17, 15) is 18.3 Å². The second kappa shape index (κ2) is 8.16. The summed E-state index contributed by atoms with van der Waals surface area (Å²) < 4.78 is 37.2. The minimum absolute atomic E-state index is 0.0452. The molecule has 0 bridgehead atoms. The predicted molar refractivity (Wildman–Crippen MR) is 88.0 cm³/mol. The van der Waals surface area contributed by atoms with Crippen LogP contribution < -0.4 is 4.90 Å². The van der Waals surface area contributed by atoms with Crippen LogP contribution in [0.1, 0.15) is 38.2 Å². The number of piperidine rings is 1. The summed E-state index contributed by atoms with van der Waals surface area (Å²) >= 11 is 0. The highest BCUT2D eigenvalue weighted by Crippen LogP contribution is 2.31. The van der Waals surface area contributed by atoms with Crippen molar-refractivity contribution in [3.05, 3.63) is 24.0 Å². The highest BCUT2D eigenvalue weighted by molar-refractivity contribution is 5.47. The number of alkyl halides is 3. The van der Waals surface area contributed by atoms with Crippen molar-refractivity contribution in [1.29, 1.82) is 0 Å². The van der Waals surface area contributed by atoms with Crippen molar-refractivity contribution in [2.24, 2.45) is 0 Å². The van der Waals surface area contributed by atoms with Crippen molar-refractivity contribution in [1.82, 2.24) is 9.88 Å². The van der Waals surface area contributed by atoms with Gasteiger partial charge in [0, 0.05) is 31.9 Å². The Balaban J connectivity index is 0.000000198. The minimum atomic E-state index is -4.30. The SMILES string of the molecule is CC1CC(O)CCN1C.FC(F)(F)c1cncc(N2CCCC2)c1. The molecule has 3 heterocycles. The molecule has 0 aliphatic carbocycles. The third-order valence-corrected chi connectivity index (χ3v) is 4.70. The molecule has 136 valence electrons. The highest BCUT2D eigenvalue weighted by Gasteiger charge is 2.31. The van der Waals surface area contributed by atoms with E-state index in [0.717, 1.165) is 57.6 Å². The molecule has 0 spiro atoms. The van der Waals surface area contributed by atoms with Gasteiger partial charge in [0.05, 0.1) is 23.6 Å². The number of hydrogen-bond acceptors (Lipinski definition) is 4. The molecule has 0 amide bonds. The molecular formula is C17H26F3N3O. The first kappa shape index (κ1) is 19.0. The molecule has 3 rings (SSSR count). The quantitative estimate of drug-likeness (QED) is 0.849. The first-order valence-electron chi connectivity index (χ1n) is 8.43. The van der Waals surface area contributed by atoms with E-state index in [0.29, 0.717) is 11.7 Å². The second-order valence-electron chi connectivity index (χ2n) is 6.63. The molecule has 0 saturated carbocycles. The molecule has 1 aromatic heterocycles. The van der Waals surface area contributed by atoms with Gasteiger partial charge < -0.3 is 14.9 Å². The van der Waals surface area contributed by atoms with Crippen LogP contribution in [0.3, 0.4) is 0 Å². The first-order valence-corrected chi connectivity index (χ1v) is 8.43. The van der Waals surface area contributed by atoms with Crippen LogP contribution in [0.15, 0.2) is 18.5 Å². The van der Waals surface area contributed by atoms with Crippen LogP contribution >= 0.6 is 0 Å². The standard InChI is InChI=1S/C10H11F3N2.C7H15NO/c11-10(12,13)8-5-9(7-14-6-8)15-3-1-2-4-15;1-6-5-7(9)3-4-8(6)2/h5-7H,1-4H2;6-7,9H,3-5H2,1-2H3. The number of rotatable bonds is 1. The molecule has 1 aromatic rings. The summed E-state index contributed by atoms with van der Waals surface area (Å²) in [5.74, 6) is 0. The van der Waals surface area contributed by atoms with Gasteiger partial charge >= 0.3 is 6.18 Å². The summed E-state index contributed by atoms with van der Waals surface area (Å²) in [6, 6.07) is 1.73. The summed E-state index contributed by atoms with van der Waals surface area (Å²) in [4.78, 5) is 7.85. The number of anilines is 1. The minimum Gasteiger partial charge on any atom is -0.393 e. The Morgan fingerprint density at radius 3 is 2.38 bits per heavy atom. The van der Waals surface area contributed by atoms with E-state index < -0.39 is 11.7 Å². The van der Waals surface area contributed by atoms with E-state index in [1.807, 2.05) is 4.90 Å². The third-order valence-electron chi connectivity index (χ3n) is 4.70. The van der Waals surface area contributed by atoms with Crippen LogP contribution in [0.4, 0.5) is 18.9 Å². The molecule has 2 aliphatic heterocycles. The Hall–Kier alpha value is -1.34. The zero-order valence-corrected chi connectivity index (χ0v) is 14.3. The van der Waals surface area contributed by atoms with Gasteiger partial charge in [0.15, 0.2) is 0 Å². The molecule has 2 unspecified atom stereocenters. The number of aliphatic hydroxyl groups excluding tert-OH is 1. The van der Waals surface area contributed by atoms with Gasteiger partial charge in [-0.15, -0.1) is 0 Å². The van der Waals surface area contributed by atoms with E-state index in [1.54, 1.807) is 0 Å². The normalized spacial score (nSPS) is 25.3. The molecule has 2 atom stereocenters. The van der Waals surface area contributed by atoms with Crippen LogP contribution in [0, 0.1) is 0 Å². The fraction of sp³-hybridized carbons (Fsp3) is 0.706. The lowest BCUT2D eigenvalue weighted by Crippen LogP contribution is -2.39. The van der Waals surface area contributed by atoms with Gasteiger partial charge in [0.25, 0.3) is 0 Å². The number of hydrogen-bond donors (Lipinski definition) is 1. The molecule has 2 aliphatic rings. The number of pyridine rings is 1. The lowest BCUT2D eigenvalue weighted by Gasteiger charge is -2.32. The van der Waals surface area contributed by atoms with E-state index in [-0.39, 0.29) is 6.10 Å². The van der Waals surface area contributed by atoms with Crippen molar-refractivity contribution < 1.29 is 18.3 Å². The number of likely N-dealkylation sites (tertiary alicyclic amines) is 1. The van der Waals surface area contributed by atoms with Crippen LogP contribution in [0.2, 0.25) is 0 Å². The molecule has 2 fully saturated rings. The Labute approximate surface area is 141 Å². The molecule has 1 N–H and O–H groups in total. The van der Waals surface area contributed by atoms with Gasteiger partial charge in [-0.25, -0.2) is 0 Å². The lowest BCUT2D eigenvalue weighted by atomic mass is 10.0. The lowest BCUT2D eigenvalue weighted by molar-refractivity contribution is -0.137. The van der Waals surface area contributed by atoms with Crippen molar-refractivity contribution >= 4 is 5.69 Å². The highest BCUT2D eigenvalue weighted by atomic mass is 19.4. The number of nitrogens with zero attached hydrogens (tertiary/aromatic N) is 3. The number of halogens is 3. The Bertz CT molecular complexity index is 518. The van der Waals surface area contributed by atoms with Crippen LogP contribution in [0.5, 0.6) is 0 Å². The van der Waals surface area contributed by atoms with Gasteiger partial charge in [-0.2, -0.15) is 13.2 Å². The molecule has 0 aromatic carbocycles. The maximum atomic E-state index is 12.4. The maximum absolute atomic E-state index is 12.4. The zero-order valence-electron chi connectivity index (χ0n) is 14.3. The summed E-state index contributed by atoms with van der Waals surface area (Å²) in [7, 11) is 2.11. The molecular weight excluding hydrogens is 319 g/mol. The zero-order chi connectivity index (χ0) is 17.7. The molecule has 24 heavy (non-hydrogen) atoms. The van der Waals surface area contributed by atoms with E-state index in [2.05, 4.69) is 23.9 Å². The van der Waals surface area contributed by atoms with Crippen molar-refractivity contribution in [2.75, 3.05) is 31.6 Å². The first-order chi connectivity index (χ1) is 11.3. The Kier molecular flexibility index (Phi) is 6.46. The van der Waals surface area contributed by atoms with Gasteiger partial charge in [-0.05, 0) is 45.7 Å². The van der Waals surface area contributed by atoms with Crippen LogP contribution in [0.25, 0.3) is 0 Å². The average Bonchev–Trinajstić information content (AvgIpc) is 3.06. The van der Waals surface area contributed by atoms with Crippen molar-refractivity contribution in [2.45, 2.75) is 50.9 Å². The van der Waals surface area contributed by atoms with Crippen LogP contribution in [-0.2, 0) is 6.18 Å². The van der Waals surface area contributed by atoms with Gasteiger partial charge in [0.1, 0.15) is 0 Å². The van der Waals surface area contributed by atoms with E-state index in [1.165, 1.54) is 6.20 Å². The maximum Gasteiger partial charge on any atom is 0.417 e. The van der Waals surface area contributed by atoms with Gasteiger partial charge in [0.2, 0.25) is 0 Å². The molecule has 0 radical (unpaired) electrons. The van der Waals surface area contributed by atoms with Crippen molar-refractivity contribution in [3.63, 3.8) is 0 Å². The van der Waals surface area contributed by atoms with Gasteiger partial charge in [-0.3, -0.25) is 4.98 Å². The predicted octanol–water partition coefficient (Wildman–Crippen LogP) is 3.16. The topological polar surface area (TPSA) is 39.6 Å². The van der Waals surface area contributed by atoms with Gasteiger partial charge in [-0.1, -0.05) is 0 Å². The Morgan fingerprint density at radius 2 is 1.83 bits per heavy atom. The largest absolute Gasteiger partial charge is 0.417 e. The summed E-state index contributed by atoms with van der Waals surface area (Å²) in [5, 5.41) is 9.17. The average molecular weight is 345 g/mol. The van der Waals surface area contributed by atoms with Crippen molar-refractivity contribution in [3.8, 4) is 0 Å². The molecule has 2 saturated heterocycles. The smallest absolute Gasteiger partial charge is 0.393 e. The molecule has 7 heteroatoms. The van der Waals surface area contributed by atoms with Crippen LogP contribution in [-0.4, -0.2) is 53.8 Å². The Morgan fingerprint density at radius 1 is 1.17 bits per heavy atom. The van der Waals surface area contributed by atoms with E-state index >= 15 is 0 Å². The number of aliphatic hydroxyl groups is 1. The summed E-state index contributed by atoms with van der Waals surface area (Å²) in [6.45, 7) is 4.84. The fourth-order valence-electron chi connectivity index (χ4n) is 3.00. The summed E-state index contributed by atoms with van der Waals surface area (Å²) in [5.41, 5.74) is -0.103.